The first-order valence-electron chi connectivity index (χ1n) is 8.87. The molecule has 0 aliphatic rings. The largest absolute Gasteiger partial charge is 0.478 e. The molecule has 0 saturated heterocycles. The van der Waals surface area contributed by atoms with Crippen molar-refractivity contribution < 1.29 is 13.5 Å². The average molecular weight is 412 g/mol. The maximum atomic E-state index is 13.7. The zero-order valence-electron chi connectivity index (χ0n) is 15.7. The van der Waals surface area contributed by atoms with E-state index in [-0.39, 0.29) is 17.2 Å². The van der Waals surface area contributed by atoms with E-state index in [1.54, 1.807) is 29.5 Å². The number of rotatable bonds is 6. The van der Waals surface area contributed by atoms with E-state index in [1.807, 2.05) is 19.1 Å². The number of halogens is 1. The summed E-state index contributed by atoms with van der Waals surface area (Å²) in [5.74, 6) is 0.281. The summed E-state index contributed by atoms with van der Waals surface area (Å²) in [6.45, 7) is 3.55. The summed E-state index contributed by atoms with van der Waals surface area (Å²) in [5.41, 5.74) is 1.89. The highest BCUT2D eigenvalue weighted by Gasteiger charge is 2.18. The number of ether oxygens (including phenoxy) is 1. The van der Waals surface area contributed by atoms with Gasteiger partial charge in [-0.05, 0) is 38.1 Å². The highest BCUT2D eigenvalue weighted by Crippen LogP contribution is 2.26. The molecule has 3 heterocycles. The molecule has 0 radical (unpaired) electrons. The lowest BCUT2D eigenvalue weighted by atomic mass is 10.3. The van der Waals surface area contributed by atoms with Crippen LogP contribution >= 0.6 is 11.8 Å². The summed E-state index contributed by atoms with van der Waals surface area (Å²) in [5, 5.41) is 8.25. The van der Waals surface area contributed by atoms with E-state index in [9.17, 15) is 9.18 Å². The van der Waals surface area contributed by atoms with Gasteiger partial charge in [0.25, 0.3) is 16.7 Å². The lowest BCUT2D eigenvalue weighted by Crippen LogP contribution is -2.17. The van der Waals surface area contributed by atoms with Crippen LogP contribution < -0.4 is 10.3 Å². The van der Waals surface area contributed by atoms with Crippen LogP contribution in [0.5, 0.6) is 5.75 Å². The molecular weight excluding hydrogens is 395 g/mol. The van der Waals surface area contributed by atoms with Crippen LogP contribution in [0, 0.1) is 12.7 Å². The number of nitrogens with zero attached hydrogens (tertiary/aromatic N) is 4. The predicted molar refractivity (Wildman–Crippen MR) is 106 cm³/mol. The fourth-order valence-corrected chi connectivity index (χ4v) is 3.46. The number of aryl methyl sites for hydroxylation is 1. The Morgan fingerprint density at radius 1 is 1.21 bits per heavy atom. The van der Waals surface area contributed by atoms with Gasteiger partial charge < -0.3 is 9.15 Å². The quantitative estimate of drug-likeness (QED) is 0.443. The van der Waals surface area contributed by atoms with Gasteiger partial charge in [0, 0.05) is 17.5 Å². The molecule has 0 aliphatic carbocycles. The molecule has 7 nitrogen and oxygen atoms in total. The molecule has 0 fully saturated rings. The molecule has 0 bridgehead atoms. The van der Waals surface area contributed by atoms with Crippen molar-refractivity contribution in [2.75, 3.05) is 0 Å². The van der Waals surface area contributed by atoms with Crippen molar-refractivity contribution in [3.8, 4) is 5.75 Å². The van der Waals surface area contributed by atoms with Crippen LogP contribution in [0.2, 0.25) is 0 Å². The Balaban J connectivity index is 1.45. The molecule has 0 aliphatic heterocycles. The Labute approximate surface area is 169 Å². The van der Waals surface area contributed by atoms with Gasteiger partial charge in [0.15, 0.2) is 17.7 Å². The van der Waals surface area contributed by atoms with Crippen LogP contribution in [-0.4, -0.2) is 19.6 Å². The summed E-state index contributed by atoms with van der Waals surface area (Å²) >= 11 is 1.26. The minimum Gasteiger partial charge on any atom is -0.478 e. The smallest absolute Gasteiger partial charge is 0.277 e. The zero-order valence-corrected chi connectivity index (χ0v) is 16.5. The number of hydrogen-bond acceptors (Lipinski definition) is 7. The molecule has 4 rings (SSSR count). The SMILES string of the molecule is Cc1cccc2nc(CSc3nnc([C@@H](C)Oc4ccccc4F)o3)cc(=O)n12. The fourth-order valence-electron chi connectivity index (χ4n) is 2.80. The average Bonchev–Trinajstić information content (AvgIpc) is 3.17. The van der Waals surface area contributed by atoms with Gasteiger partial charge in [-0.2, -0.15) is 0 Å². The molecule has 9 heteroatoms. The summed E-state index contributed by atoms with van der Waals surface area (Å²) in [6.07, 6.45) is -0.611. The van der Waals surface area contributed by atoms with Gasteiger partial charge in [-0.1, -0.05) is 30.0 Å². The summed E-state index contributed by atoms with van der Waals surface area (Å²) in [7, 11) is 0. The van der Waals surface area contributed by atoms with Gasteiger partial charge in [0.2, 0.25) is 0 Å². The molecule has 1 atom stereocenters. The molecule has 0 saturated carbocycles. The van der Waals surface area contributed by atoms with Crippen LogP contribution in [0.15, 0.2) is 63.0 Å². The van der Waals surface area contributed by atoms with Crippen LogP contribution in [0.25, 0.3) is 5.65 Å². The molecule has 0 N–H and O–H groups in total. The van der Waals surface area contributed by atoms with E-state index in [0.29, 0.717) is 22.3 Å². The second-order valence-electron chi connectivity index (χ2n) is 6.33. The normalized spacial score (nSPS) is 12.2. The second-order valence-corrected chi connectivity index (χ2v) is 7.26. The molecule has 148 valence electrons. The first-order chi connectivity index (χ1) is 14.0. The lowest BCUT2D eigenvalue weighted by Gasteiger charge is -2.11. The number of benzene rings is 1. The molecule has 3 aromatic heterocycles. The number of aromatic nitrogens is 4. The Kier molecular flexibility index (Phi) is 5.30. The number of para-hydroxylation sites is 1. The Hall–Kier alpha value is -3.20. The first-order valence-corrected chi connectivity index (χ1v) is 9.85. The monoisotopic (exact) mass is 412 g/mol. The molecule has 0 amide bonds. The van der Waals surface area contributed by atoms with E-state index in [1.165, 1.54) is 30.0 Å². The molecule has 0 unspecified atom stereocenters. The van der Waals surface area contributed by atoms with Crippen molar-refractivity contribution in [3.63, 3.8) is 0 Å². The van der Waals surface area contributed by atoms with Gasteiger partial charge in [-0.3, -0.25) is 9.20 Å². The Morgan fingerprint density at radius 2 is 2.03 bits per heavy atom. The molecule has 4 aromatic rings. The summed E-state index contributed by atoms with van der Waals surface area (Å²) in [6, 6.07) is 13.1. The van der Waals surface area contributed by atoms with Crippen molar-refractivity contribution in [1.29, 1.82) is 0 Å². The lowest BCUT2D eigenvalue weighted by molar-refractivity contribution is 0.174. The van der Waals surface area contributed by atoms with Gasteiger partial charge in [-0.15, -0.1) is 10.2 Å². The molecular formula is C20H17FN4O3S. The third-order valence-corrected chi connectivity index (χ3v) is 5.04. The number of hydrogen-bond donors (Lipinski definition) is 0. The zero-order chi connectivity index (χ0) is 20.4. The van der Waals surface area contributed by atoms with Crippen molar-refractivity contribution >= 4 is 17.4 Å². The van der Waals surface area contributed by atoms with Crippen LogP contribution in [0.4, 0.5) is 4.39 Å². The highest BCUT2D eigenvalue weighted by atomic mass is 32.2. The van der Waals surface area contributed by atoms with E-state index in [4.69, 9.17) is 9.15 Å². The summed E-state index contributed by atoms with van der Waals surface area (Å²) in [4.78, 5) is 16.8. The van der Waals surface area contributed by atoms with Crippen molar-refractivity contribution in [2.45, 2.75) is 30.9 Å². The Morgan fingerprint density at radius 3 is 2.86 bits per heavy atom. The maximum Gasteiger partial charge on any atom is 0.277 e. The van der Waals surface area contributed by atoms with Gasteiger partial charge >= 0.3 is 0 Å². The second kappa shape index (κ2) is 8.04. The van der Waals surface area contributed by atoms with Crippen LogP contribution in [0.1, 0.15) is 30.3 Å². The number of pyridine rings is 1. The summed E-state index contributed by atoms with van der Waals surface area (Å²) < 4.78 is 26.4. The number of fused-ring (bicyclic) bond motifs is 1. The molecule has 29 heavy (non-hydrogen) atoms. The Bertz CT molecular complexity index is 1220. The van der Waals surface area contributed by atoms with Crippen molar-refractivity contribution in [1.82, 2.24) is 19.6 Å². The van der Waals surface area contributed by atoms with E-state index in [0.717, 1.165) is 5.69 Å². The minimum absolute atomic E-state index is 0.114. The molecule has 0 spiro atoms. The fraction of sp³-hybridized carbons (Fsp3) is 0.200. The van der Waals surface area contributed by atoms with Gasteiger partial charge in [-0.25, -0.2) is 9.37 Å². The van der Waals surface area contributed by atoms with Gasteiger partial charge in [0.1, 0.15) is 5.65 Å². The topological polar surface area (TPSA) is 82.5 Å². The van der Waals surface area contributed by atoms with Crippen molar-refractivity contribution in [2.24, 2.45) is 0 Å². The van der Waals surface area contributed by atoms with E-state index in [2.05, 4.69) is 15.2 Å². The first kappa shape index (κ1) is 19.1. The van der Waals surface area contributed by atoms with Crippen LogP contribution in [0.3, 0.4) is 0 Å². The van der Waals surface area contributed by atoms with Gasteiger partial charge in [0.05, 0.1) is 5.69 Å². The molecule has 1 aromatic carbocycles. The van der Waals surface area contributed by atoms with E-state index < -0.39 is 11.9 Å². The third kappa shape index (κ3) is 4.14. The third-order valence-electron chi connectivity index (χ3n) is 4.19. The van der Waals surface area contributed by atoms with E-state index >= 15 is 0 Å². The van der Waals surface area contributed by atoms with Crippen LogP contribution in [-0.2, 0) is 5.75 Å². The van der Waals surface area contributed by atoms with Crippen molar-refractivity contribution in [3.05, 3.63) is 82.0 Å². The maximum absolute atomic E-state index is 13.7. The number of thioether (sulfide) groups is 1. The standard InChI is InChI=1S/C20H17FN4O3S/c1-12-6-5-9-17-22-14(10-18(26)25(12)17)11-29-20-24-23-19(28-20)13(2)27-16-8-4-3-7-15(16)21/h3-10,13H,11H2,1-2H3/t13-/m1/s1. The highest BCUT2D eigenvalue weighted by molar-refractivity contribution is 7.98. The predicted octanol–water partition coefficient (Wildman–Crippen LogP) is 3.96. The minimum atomic E-state index is -0.611.